The maximum atomic E-state index is 10.8. The topological polar surface area (TPSA) is 55.4 Å². The number of rotatable bonds is 3. The molecular weight excluding hydrogens is 206 g/mol. The summed E-state index contributed by atoms with van der Waals surface area (Å²) in [6.45, 7) is 6.45. The third-order valence-electron chi connectivity index (χ3n) is 1.77. The molecule has 0 atom stereocenters. The molecule has 0 aliphatic carbocycles. The van der Waals surface area contributed by atoms with Crippen molar-refractivity contribution in [1.29, 1.82) is 0 Å². The Morgan fingerprint density at radius 1 is 1.31 bits per heavy atom. The van der Waals surface area contributed by atoms with Crippen LogP contribution in [0.4, 0.5) is 0 Å². The van der Waals surface area contributed by atoms with E-state index in [0.717, 1.165) is 0 Å². The number of ether oxygens (including phenoxy) is 1. The molecule has 0 aromatic heterocycles. The lowest BCUT2D eigenvalue weighted by molar-refractivity contribution is -0.131. The molecule has 0 radical (unpaired) electrons. The molecule has 1 aromatic carbocycles. The molecule has 16 heavy (non-hydrogen) atoms. The van der Waals surface area contributed by atoms with Gasteiger partial charge in [-0.15, -0.1) is 0 Å². The number of amides is 1. The van der Waals surface area contributed by atoms with Gasteiger partial charge in [0.25, 0.3) is 0 Å². The molecule has 1 rings (SSSR count). The molecule has 84 valence electrons. The first kappa shape index (κ1) is 12.0. The first-order chi connectivity index (χ1) is 7.49. The predicted molar refractivity (Wildman–Crippen MR) is 60.6 cm³/mol. The van der Waals surface area contributed by atoms with Gasteiger partial charge in [0.1, 0.15) is 5.75 Å². The van der Waals surface area contributed by atoms with E-state index in [4.69, 9.17) is 4.74 Å². The lowest BCUT2D eigenvalue weighted by Gasteiger charge is -2.08. The summed E-state index contributed by atoms with van der Waals surface area (Å²) in [5, 5.41) is 2.57. The van der Waals surface area contributed by atoms with Crippen molar-refractivity contribution in [2.75, 3.05) is 0 Å². The van der Waals surface area contributed by atoms with Gasteiger partial charge >= 0.3 is 5.97 Å². The third kappa shape index (κ3) is 3.57. The summed E-state index contributed by atoms with van der Waals surface area (Å²) >= 11 is 0. The Morgan fingerprint density at radius 2 is 2.00 bits per heavy atom. The van der Waals surface area contributed by atoms with E-state index in [1.54, 1.807) is 24.3 Å². The van der Waals surface area contributed by atoms with Crippen LogP contribution in [0.1, 0.15) is 19.4 Å². The van der Waals surface area contributed by atoms with Crippen LogP contribution in [0.3, 0.4) is 0 Å². The average Bonchev–Trinajstić information content (AvgIpc) is 2.16. The molecule has 1 amide bonds. The smallest absolute Gasteiger partial charge is 0.308 e. The van der Waals surface area contributed by atoms with E-state index < -0.39 is 0 Å². The lowest BCUT2D eigenvalue weighted by atomic mass is 10.1. The summed E-state index contributed by atoms with van der Waals surface area (Å²) < 4.78 is 4.92. The van der Waals surface area contributed by atoms with Gasteiger partial charge in [-0.05, 0) is 12.1 Å². The van der Waals surface area contributed by atoms with Crippen molar-refractivity contribution in [1.82, 2.24) is 5.32 Å². The van der Waals surface area contributed by atoms with E-state index in [1.165, 1.54) is 13.8 Å². The first-order valence-electron chi connectivity index (χ1n) is 4.74. The van der Waals surface area contributed by atoms with Gasteiger partial charge in [0.15, 0.2) is 0 Å². The van der Waals surface area contributed by atoms with Gasteiger partial charge in [0.2, 0.25) is 5.91 Å². The van der Waals surface area contributed by atoms with Crippen LogP contribution in [0.2, 0.25) is 0 Å². The SMILES string of the molecule is C=C(NC(C)=O)c1cccc(OC(C)=O)c1. The quantitative estimate of drug-likeness (QED) is 0.622. The molecular formula is C12H13NO3. The number of carbonyl (C=O) groups is 2. The Labute approximate surface area is 93.9 Å². The van der Waals surface area contributed by atoms with E-state index in [1.807, 2.05) is 0 Å². The Hall–Kier alpha value is -2.10. The third-order valence-corrected chi connectivity index (χ3v) is 1.77. The number of hydrogen-bond donors (Lipinski definition) is 1. The maximum Gasteiger partial charge on any atom is 0.308 e. The van der Waals surface area contributed by atoms with Crippen molar-refractivity contribution in [3.8, 4) is 5.75 Å². The Morgan fingerprint density at radius 3 is 2.56 bits per heavy atom. The number of carbonyl (C=O) groups excluding carboxylic acids is 2. The minimum absolute atomic E-state index is 0.192. The zero-order valence-corrected chi connectivity index (χ0v) is 9.24. The second-order valence-corrected chi connectivity index (χ2v) is 3.28. The van der Waals surface area contributed by atoms with Crippen molar-refractivity contribution < 1.29 is 14.3 Å². The second kappa shape index (κ2) is 5.11. The summed E-state index contributed by atoms with van der Waals surface area (Å²) in [6.07, 6.45) is 0. The fourth-order valence-electron chi connectivity index (χ4n) is 1.20. The van der Waals surface area contributed by atoms with E-state index in [9.17, 15) is 9.59 Å². The molecule has 0 heterocycles. The van der Waals surface area contributed by atoms with Gasteiger partial charge in [-0.25, -0.2) is 0 Å². The first-order valence-corrected chi connectivity index (χ1v) is 4.74. The summed E-state index contributed by atoms with van der Waals surface area (Å²) in [7, 11) is 0. The predicted octanol–water partition coefficient (Wildman–Crippen LogP) is 1.72. The van der Waals surface area contributed by atoms with Crippen molar-refractivity contribution in [3.05, 3.63) is 36.4 Å². The van der Waals surface area contributed by atoms with Crippen LogP contribution >= 0.6 is 0 Å². The maximum absolute atomic E-state index is 10.8. The van der Waals surface area contributed by atoms with Crippen LogP contribution in [-0.4, -0.2) is 11.9 Å². The molecule has 0 spiro atoms. The van der Waals surface area contributed by atoms with Gasteiger partial charge in [-0.2, -0.15) is 0 Å². The van der Waals surface area contributed by atoms with Crippen molar-refractivity contribution in [3.63, 3.8) is 0 Å². The molecule has 0 aliphatic rings. The van der Waals surface area contributed by atoms with E-state index in [-0.39, 0.29) is 11.9 Å². The van der Waals surface area contributed by atoms with Gasteiger partial charge in [-0.1, -0.05) is 18.7 Å². The van der Waals surface area contributed by atoms with Crippen LogP contribution in [0.15, 0.2) is 30.8 Å². The second-order valence-electron chi connectivity index (χ2n) is 3.28. The van der Waals surface area contributed by atoms with Crippen molar-refractivity contribution in [2.24, 2.45) is 0 Å². The van der Waals surface area contributed by atoms with Crippen LogP contribution in [0, 0.1) is 0 Å². The number of hydrogen-bond acceptors (Lipinski definition) is 3. The summed E-state index contributed by atoms with van der Waals surface area (Å²) in [5.74, 6) is -0.151. The molecule has 4 heteroatoms. The highest BCUT2D eigenvalue weighted by molar-refractivity contribution is 5.84. The van der Waals surface area contributed by atoms with Gasteiger partial charge in [0.05, 0.1) is 0 Å². The molecule has 0 aliphatic heterocycles. The van der Waals surface area contributed by atoms with Gasteiger partial charge < -0.3 is 10.1 Å². The Kier molecular flexibility index (Phi) is 3.83. The number of esters is 1. The molecule has 0 saturated heterocycles. The Bertz CT molecular complexity index is 438. The minimum atomic E-state index is -0.387. The Balaban J connectivity index is 2.85. The van der Waals surface area contributed by atoms with E-state index >= 15 is 0 Å². The highest BCUT2D eigenvalue weighted by Crippen LogP contribution is 2.17. The number of nitrogens with one attached hydrogen (secondary N) is 1. The zero-order chi connectivity index (χ0) is 12.1. The standard InChI is InChI=1S/C12H13NO3/c1-8(13-9(2)14)11-5-4-6-12(7-11)16-10(3)15/h4-7H,1H2,2-3H3,(H,13,14). The van der Waals surface area contributed by atoms with Crippen LogP contribution in [0.5, 0.6) is 5.75 Å². The van der Waals surface area contributed by atoms with Gasteiger partial charge in [-0.3, -0.25) is 9.59 Å². The summed E-state index contributed by atoms with van der Waals surface area (Å²) in [4.78, 5) is 21.6. The highest BCUT2D eigenvalue weighted by atomic mass is 16.5. The van der Waals surface area contributed by atoms with Crippen molar-refractivity contribution >= 4 is 17.6 Å². The normalized spacial score (nSPS) is 9.38. The minimum Gasteiger partial charge on any atom is -0.427 e. The summed E-state index contributed by atoms with van der Waals surface area (Å²) in [5.41, 5.74) is 1.18. The van der Waals surface area contributed by atoms with E-state index in [2.05, 4.69) is 11.9 Å². The summed E-state index contributed by atoms with van der Waals surface area (Å²) in [6, 6.07) is 6.79. The molecule has 4 nitrogen and oxygen atoms in total. The monoisotopic (exact) mass is 219 g/mol. The largest absolute Gasteiger partial charge is 0.427 e. The molecule has 1 N–H and O–H groups in total. The fourth-order valence-corrected chi connectivity index (χ4v) is 1.20. The zero-order valence-electron chi connectivity index (χ0n) is 9.24. The van der Waals surface area contributed by atoms with Crippen LogP contribution in [0.25, 0.3) is 5.70 Å². The van der Waals surface area contributed by atoms with Crippen molar-refractivity contribution in [2.45, 2.75) is 13.8 Å². The molecule has 0 bridgehead atoms. The van der Waals surface area contributed by atoms with E-state index in [0.29, 0.717) is 17.0 Å². The lowest BCUT2D eigenvalue weighted by Crippen LogP contribution is -2.17. The van der Waals surface area contributed by atoms with Gasteiger partial charge in [0, 0.05) is 25.1 Å². The molecule has 1 aromatic rings. The average molecular weight is 219 g/mol. The molecule has 0 unspecified atom stereocenters. The number of benzene rings is 1. The molecule has 0 fully saturated rings. The molecule has 0 saturated carbocycles. The fraction of sp³-hybridized carbons (Fsp3) is 0.167. The van der Waals surface area contributed by atoms with Crippen LogP contribution in [-0.2, 0) is 9.59 Å². The highest BCUT2D eigenvalue weighted by Gasteiger charge is 2.03. The van der Waals surface area contributed by atoms with Crippen LogP contribution < -0.4 is 10.1 Å².